The molecule has 1 heterocycles. The molecule has 0 aliphatic carbocycles. The van der Waals surface area contributed by atoms with Gasteiger partial charge in [-0.15, -0.1) is 0 Å². The van der Waals surface area contributed by atoms with Gasteiger partial charge < -0.3 is 11.1 Å². The Bertz CT molecular complexity index is 327. The molecule has 0 aromatic carbocycles. The summed E-state index contributed by atoms with van der Waals surface area (Å²) in [5.74, 6) is -1.07. The van der Waals surface area contributed by atoms with Crippen LogP contribution in [0.4, 0.5) is 0 Å². The number of carbonyl (C=O) groups is 3. The number of likely N-dealkylation sites (N-methyl/N-ethyl adjacent to an activating group) is 1. The molecule has 0 bridgehead atoms. The maximum atomic E-state index is 11.6. The van der Waals surface area contributed by atoms with E-state index in [-0.39, 0.29) is 24.2 Å². The van der Waals surface area contributed by atoms with Crippen molar-refractivity contribution in [3.8, 4) is 0 Å². The predicted octanol–water partition coefficient (Wildman–Crippen LogP) is -1.16. The first kappa shape index (κ1) is 12.6. The minimum absolute atomic E-state index is 0.00932. The lowest BCUT2D eigenvalue weighted by atomic mass is 10.0. The van der Waals surface area contributed by atoms with E-state index in [9.17, 15) is 14.4 Å². The van der Waals surface area contributed by atoms with Crippen LogP contribution in [0.25, 0.3) is 0 Å². The van der Waals surface area contributed by atoms with Crippen molar-refractivity contribution in [2.24, 2.45) is 11.7 Å². The van der Waals surface area contributed by atoms with Crippen LogP contribution in [-0.4, -0.2) is 41.8 Å². The molecule has 90 valence electrons. The van der Waals surface area contributed by atoms with Crippen molar-refractivity contribution >= 4 is 17.7 Å². The number of hydrogen-bond acceptors (Lipinski definition) is 4. The summed E-state index contributed by atoms with van der Waals surface area (Å²) < 4.78 is 0. The van der Waals surface area contributed by atoms with Gasteiger partial charge in [0.05, 0.1) is 12.5 Å². The van der Waals surface area contributed by atoms with Crippen LogP contribution in [0, 0.1) is 5.92 Å². The van der Waals surface area contributed by atoms with Gasteiger partial charge in [-0.25, -0.2) is 0 Å². The van der Waals surface area contributed by atoms with Gasteiger partial charge in [0.15, 0.2) is 0 Å². The molecule has 0 radical (unpaired) electrons. The standard InChI is InChI=1S/C10H17N3O3/c1-5(2)8(11)9(15)12-6-4-7(14)13(3)10(6)16/h5-6,8H,4,11H2,1-3H3,(H,12,15). The molecule has 0 spiro atoms. The van der Waals surface area contributed by atoms with Crippen LogP contribution in [0.2, 0.25) is 0 Å². The van der Waals surface area contributed by atoms with Gasteiger partial charge in [-0.05, 0) is 5.92 Å². The molecular formula is C10H17N3O3. The second-order valence-electron chi connectivity index (χ2n) is 4.33. The Morgan fingerprint density at radius 3 is 2.44 bits per heavy atom. The van der Waals surface area contributed by atoms with Gasteiger partial charge >= 0.3 is 0 Å². The third kappa shape index (κ3) is 2.38. The summed E-state index contributed by atoms with van der Waals surface area (Å²) in [7, 11) is 1.40. The van der Waals surface area contributed by atoms with Crippen molar-refractivity contribution in [2.45, 2.75) is 32.4 Å². The molecule has 2 unspecified atom stereocenters. The normalized spacial score (nSPS) is 22.8. The van der Waals surface area contributed by atoms with E-state index in [2.05, 4.69) is 5.32 Å². The number of nitrogens with two attached hydrogens (primary N) is 1. The Morgan fingerprint density at radius 2 is 2.06 bits per heavy atom. The zero-order valence-electron chi connectivity index (χ0n) is 9.69. The molecular weight excluding hydrogens is 210 g/mol. The Balaban J connectivity index is 2.60. The molecule has 1 aliphatic rings. The molecule has 1 rings (SSSR count). The molecule has 16 heavy (non-hydrogen) atoms. The zero-order valence-corrected chi connectivity index (χ0v) is 9.69. The van der Waals surface area contributed by atoms with Crippen LogP contribution in [0.15, 0.2) is 0 Å². The fourth-order valence-electron chi connectivity index (χ4n) is 1.44. The maximum Gasteiger partial charge on any atom is 0.252 e. The molecule has 1 aliphatic heterocycles. The third-order valence-corrected chi connectivity index (χ3v) is 2.72. The second kappa shape index (κ2) is 4.61. The first-order valence-electron chi connectivity index (χ1n) is 5.21. The van der Waals surface area contributed by atoms with Crippen molar-refractivity contribution in [1.29, 1.82) is 0 Å². The SMILES string of the molecule is CC(C)C(N)C(=O)NC1CC(=O)N(C)C1=O. The molecule has 3 N–H and O–H groups in total. The largest absolute Gasteiger partial charge is 0.342 e. The first-order valence-corrected chi connectivity index (χ1v) is 5.21. The van der Waals surface area contributed by atoms with E-state index in [4.69, 9.17) is 5.73 Å². The predicted molar refractivity (Wildman–Crippen MR) is 57.1 cm³/mol. The quantitative estimate of drug-likeness (QED) is 0.595. The molecule has 6 nitrogen and oxygen atoms in total. The average Bonchev–Trinajstić information content (AvgIpc) is 2.45. The van der Waals surface area contributed by atoms with Crippen LogP contribution in [0.5, 0.6) is 0 Å². The van der Waals surface area contributed by atoms with E-state index in [0.29, 0.717) is 0 Å². The van der Waals surface area contributed by atoms with Gasteiger partial charge in [0.1, 0.15) is 6.04 Å². The highest BCUT2D eigenvalue weighted by Crippen LogP contribution is 2.11. The highest BCUT2D eigenvalue weighted by atomic mass is 16.2. The number of hydrogen-bond donors (Lipinski definition) is 2. The zero-order chi connectivity index (χ0) is 12.5. The highest BCUT2D eigenvalue weighted by Gasteiger charge is 2.37. The van der Waals surface area contributed by atoms with Gasteiger partial charge in [-0.1, -0.05) is 13.8 Å². The van der Waals surface area contributed by atoms with E-state index in [1.54, 1.807) is 0 Å². The number of rotatable bonds is 3. The minimum atomic E-state index is -0.755. The van der Waals surface area contributed by atoms with E-state index in [1.165, 1.54) is 7.05 Å². The summed E-state index contributed by atoms with van der Waals surface area (Å²) in [6, 6.07) is -1.41. The average molecular weight is 227 g/mol. The van der Waals surface area contributed by atoms with Gasteiger partial charge in [0.25, 0.3) is 5.91 Å². The number of imide groups is 1. The monoisotopic (exact) mass is 227 g/mol. The maximum absolute atomic E-state index is 11.6. The van der Waals surface area contributed by atoms with Crippen molar-refractivity contribution in [2.75, 3.05) is 7.05 Å². The summed E-state index contributed by atoms with van der Waals surface area (Å²) in [4.78, 5) is 35.3. The summed E-state index contributed by atoms with van der Waals surface area (Å²) in [6.45, 7) is 3.63. The Morgan fingerprint density at radius 1 is 1.50 bits per heavy atom. The van der Waals surface area contributed by atoms with E-state index >= 15 is 0 Å². The number of likely N-dealkylation sites (tertiary alicyclic amines) is 1. The molecule has 6 heteroatoms. The van der Waals surface area contributed by atoms with Crippen molar-refractivity contribution < 1.29 is 14.4 Å². The Hall–Kier alpha value is -1.43. The molecule has 0 saturated carbocycles. The summed E-state index contributed by atoms with van der Waals surface area (Å²) in [6.07, 6.45) is 0.0197. The van der Waals surface area contributed by atoms with Crippen LogP contribution >= 0.6 is 0 Å². The van der Waals surface area contributed by atoms with Crippen molar-refractivity contribution in [3.63, 3.8) is 0 Å². The summed E-state index contributed by atoms with van der Waals surface area (Å²) >= 11 is 0. The molecule has 0 aromatic rings. The van der Waals surface area contributed by atoms with Gasteiger partial charge in [-0.2, -0.15) is 0 Å². The van der Waals surface area contributed by atoms with E-state index < -0.39 is 18.0 Å². The van der Waals surface area contributed by atoms with E-state index in [0.717, 1.165) is 4.90 Å². The highest BCUT2D eigenvalue weighted by molar-refractivity contribution is 6.06. The molecule has 2 atom stereocenters. The topological polar surface area (TPSA) is 92.5 Å². The lowest BCUT2D eigenvalue weighted by molar-refractivity contribution is -0.138. The van der Waals surface area contributed by atoms with Gasteiger partial charge in [0.2, 0.25) is 11.8 Å². The lowest BCUT2D eigenvalue weighted by Gasteiger charge is -2.17. The number of nitrogens with zero attached hydrogens (tertiary/aromatic N) is 1. The first-order chi connectivity index (χ1) is 7.34. The molecule has 3 amide bonds. The minimum Gasteiger partial charge on any atom is -0.342 e. The third-order valence-electron chi connectivity index (χ3n) is 2.72. The fraction of sp³-hybridized carbons (Fsp3) is 0.700. The number of carbonyl (C=O) groups excluding carboxylic acids is 3. The second-order valence-corrected chi connectivity index (χ2v) is 4.33. The summed E-state index contributed by atoms with van der Waals surface area (Å²) in [5.41, 5.74) is 5.63. The fourth-order valence-corrected chi connectivity index (χ4v) is 1.44. The van der Waals surface area contributed by atoms with Crippen molar-refractivity contribution in [1.82, 2.24) is 10.2 Å². The van der Waals surface area contributed by atoms with Crippen LogP contribution < -0.4 is 11.1 Å². The number of nitrogens with one attached hydrogen (secondary N) is 1. The van der Waals surface area contributed by atoms with Gasteiger partial charge in [0, 0.05) is 7.05 Å². The molecule has 1 saturated heterocycles. The van der Waals surface area contributed by atoms with Crippen LogP contribution in [-0.2, 0) is 14.4 Å². The van der Waals surface area contributed by atoms with E-state index in [1.807, 2.05) is 13.8 Å². The molecule has 0 aromatic heterocycles. The van der Waals surface area contributed by atoms with Crippen LogP contribution in [0.1, 0.15) is 20.3 Å². The van der Waals surface area contributed by atoms with Crippen LogP contribution in [0.3, 0.4) is 0 Å². The lowest BCUT2D eigenvalue weighted by Crippen LogP contribution is -2.49. The summed E-state index contributed by atoms with van der Waals surface area (Å²) in [5, 5.41) is 2.49. The molecule has 1 fully saturated rings. The Labute approximate surface area is 94.2 Å². The smallest absolute Gasteiger partial charge is 0.252 e. The van der Waals surface area contributed by atoms with Gasteiger partial charge in [-0.3, -0.25) is 19.3 Å². The Kier molecular flexibility index (Phi) is 3.64. The van der Waals surface area contributed by atoms with Crippen molar-refractivity contribution in [3.05, 3.63) is 0 Å². The number of amides is 3.